The molecule has 0 bridgehead atoms. The van der Waals surface area contributed by atoms with Gasteiger partial charge in [0, 0.05) is 20.1 Å². The maximum atomic E-state index is 8.67. The lowest BCUT2D eigenvalue weighted by Crippen LogP contribution is -2.20. The fourth-order valence-electron chi connectivity index (χ4n) is 1.75. The number of nitrogens with zero attached hydrogens (tertiary/aromatic N) is 5. The minimum atomic E-state index is 0.456. The van der Waals surface area contributed by atoms with Crippen molar-refractivity contribution in [2.24, 2.45) is 0 Å². The van der Waals surface area contributed by atoms with Gasteiger partial charge >= 0.3 is 0 Å². The monoisotopic (exact) mass is 259 g/mol. The summed E-state index contributed by atoms with van der Waals surface area (Å²) in [7, 11) is 1.91. The smallest absolute Gasteiger partial charge is 0.226 e. The number of nitrogens with one attached hydrogen (secondary N) is 2. The van der Waals surface area contributed by atoms with E-state index in [9.17, 15) is 0 Å². The van der Waals surface area contributed by atoms with Crippen LogP contribution in [-0.4, -0.2) is 40.3 Å². The first-order valence-corrected chi connectivity index (χ1v) is 6.29. The summed E-state index contributed by atoms with van der Waals surface area (Å²) in [6.07, 6.45) is 3.17. The molecule has 100 valence electrons. The van der Waals surface area contributed by atoms with Crippen molar-refractivity contribution in [3.63, 3.8) is 0 Å². The molecule has 7 heteroatoms. The second-order valence-electron chi connectivity index (χ2n) is 4.26. The van der Waals surface area contributed by atoms with Crippen LogP contribution >= 0.6 is 0 Å². The third kappa shape index (κ3) is 2.91. The number of nitriles is 1. The molecule has 0 atom stereocenters. The highest BCUT2D eigenvalue weighted by molar-refractivity contribution is 5.87. The maximum absolute atomic E-state index is 8.67. The van der Waals surface area contributed by atoms with E-state index in [1.807, 2.05) is 11.9 Å². The van der Waals surface area contributed by atoms with Crippen LogP contribution in [0.4, 0.5) is 11.8 Å². The van der Waals surface area contributed by atoms with Gasteiger partial charge in [-0.2, -0.15) is 20.3 Å². The van der Waals surface area contributed by atoms with E-state index in [2.05, 4.69) is 38.5 Å². The molecule has 0 aromatic carbocycles. The summed E-state index contributed by atoms with van der Waals surface area (Å²) in [5.41, 5.74) is 0.701. The van der Waals surface area contributed by atoms with Crippen molar-refractivity contribution >= 4 is 22.8 Å². The molecule has 2 aromatic heterocycles. The van der Waals surface area contributed by atoms with E-state index < -0.39 is 0 Å². The fourth-order valence-corrected chi connectivity index (χ4v) is 1.75. The van der Waals surface area contributed by atoms with Crippen LogP contribution in [0.15, 0.2) is 6.20 Å². The summed E-state index contributed by atoms with van der Waals surface area (Å²) in [4.78, 5) is 10.8. The van der Waals surface area contributed by atoms with Crippen LogP contribution in [0.3, 0.4) is 0 Å². The molecule has 0 saturated heterocycles. The summed E-state index contributed by atoms with van der Waals surface area (Å²) in [6, 6.07) is 2.14. The molecule has 0 unspecified atom stereocenters. The van der Waals surface area contributed by atoms with Crippen molar-refractivity contribution in [3.8, 4) is 6.07 Å². The van der Waals surface area contributed by atoms with Gasteiger partial charge in [0.2, 0.25) is 5.95 Å². The van der Waals surface area contributed by atoms with Gasteiger partial charge in [-0.15, -0.1) is 0 Å². The summed E-state index contributed by atoms with van der Waals surface area (Å²) in [5.74, 6) is 1.37. The van der Waals surface area contributed by atoms with Gasteiger partial charge in [-0.25, -0.2) is 0 Å². The molecule has 2 N–H and O–H groups in total. The quantitative estimate of drug-likeness (QED) is 0.817. The van der Waals surface area contributed by atoms with Gasteiger partial charge in [0.1, 0.15) is 5.82 Å². The first kappa shape index (κ1) is 13.1. The van der Waals surface area contributed by atoms with E-state index in [1.54, 1.807) is 6.20 Å². The Balaban J connectivity index is 2.33. The zero-order chi connectivity index (χ0) is 13.7. The van der Waals surface area contributed by atoms with E-state index >= 15 is 0 Å². The Hall–Kier alpha value is -2.36. The molecule has 2 rings (SSSR count). The zero-order valence-electron chi connectivity index (χ0n) is 11.1. The van der Waals surface area contributed by atoms with Crippen molar-refractivity contribution in [2.45, 2.75) is 19.8 Å². The molecule has 2 aromatic rings. The van der Waals surface area contributed by atoms with Crippen molar-refractivity contribution in [1.29, 1.82) is 5.26 Å². The second-order valence-corrected chi connectivity index (χ2v) is 4.26. The van der Waals surface area contributed by atoms with Crippen LogP contribution in [0.2, 0.25) is 0 Å². The Labute approximate surface area is 111 Å². The van der Waals surface area contributed by atoms with Gasteiger partial charge in [-0.3, -0.25) is 5.10 Å². The Bertz CT molecular complexity index is 583. The summed E-state index contributed by atoms with van der Waals surface area (Å²) in [5, 5.41) is 19.5. The number of aromatic nitrogens is 4. The molecular weight excluding hydrogens is 242 g/mol. The average molecular weight is 259 g/mol. The van der Waals surface area contributed by atoms with Crippen molar-refractivity contribution in [3.05, 3.63) is 6.20 Å². The molecule has 0 aliphatic carbocycles. The van der Waals surface area contributed by atoms with Gasteiger partial charge in [0.05, 0.1) is 24.1 Å². The van der Waals surface area contributed by atoms with Gasteiger partial charge < -0.3 is 10.2 Å². The molecule has 0 radical (unpaired) electrons. The third-order valence-corrected chi connectivity index (χ3v) is 2.74. The molecule has 0 aliphatic rings. The Morgan fingerprint density at radius 3 is 3.05 bits per heavy atom. The SMILES string of the molecule is CCCNc1nc(N(C)CCC#N)c2cn[nH]c2n1. The predicted molar refractivity (Wildman–Crippen MR) is 74.0 cm³/mol. The van der Waals surface area contributed by atoms with E-state index in [4.69, 9.17) is 5.26 Å². The zero-order valence-corrected chi connectivity index (χ0v) is 11.1. The van der Waals surface area contributed by atoms with Crippen LogP contribution in [0.25, 0.3) is 11.0 Å². The van der Waals surface area contributed by atoms with Crippen LogP contribution in [0.5, 0.6) is 0 Å². The Morgan fingerprint density at radius 1 is 1.47 bits per heavy atom. The lowest BCUT2D eigenvalue weighted by molar-refractivity contribution is 0.883. The van der Waals surface area contributed by atoms with Crippen LogP contribution in [0.1, 0.15) is 19.8 Å². The summed E-state index contributed by atoms with van der Waals surface area (Å²) in [6.45, 7) is 3.53. The molecule has 0 fully saturated rings. The molecule has 0 aliphatic heterocycles. The van der Waals surface area contributed by atoms with Gasteiger partial charge in [0.25, 0.3) is 0 Å². The first-order chi connectivity index (χ1) is 9.26. The molecule has 0 amide bonds. The number of fused-ring (bicyclic) bond motifs is 1. The molecule has 19 heavy (non-hydrogen) atoms. The standard InChI is InChI=1S/C12H17N7/c1-3-6-14-12-16-10-9(8-15-18-10)11(17-12)19(2)7-4-5-13/h8H,3-4,6-7H2,1-2H3,(H2,14,15,16,17,18). The molecule has 0 saturated carbocycles. The largest absolute Gasteiger partial charge is 0.358 e. The van der Waals surface area contributed by atoms with E-state index in [-0.39, 0.29) is 0 Å². The number of hydrogen-bond donors (Lipinski definition) is 2. The van der Waals surface area contributed by atoms with Crippen LogP contribution in [-0.2, 0) is 0 Å². The first-order valence-electron chi connectivity index (χ1n) is 6.29. The highest BCUT2D eigenvalue weighted by Crippen LogP contribution is 2.22. The van der Waals surface area contributed by atoms with Crippen molar-refractivity contribution in [2.75, 3.05) is 30.4 Å². The summed E-state index contributed by atoms with van der Waals surface area (Å²) >= 11 is 0. The number of anilines is 2. The van der Waals surface area contributed by atoms with Crippen LogP contribution in [0, 0.1) is 11.3 Å². The topological polar surface area (TPSA) is 93.5 Å². The fraction of sp³-hybridized carbons (Fsp3) is 0.500. The minimum Gasteiger partial charge on any atom is -0.358 e. The number of rotatable bonds is 6. The highest BCUT2D eigenvalue weighted by Gasteiger charge is 2.12. The maximum Gasteiger partial charge on any atom is 0.226 e. The molecule has 0 spiro atoms. The third-order valence-electron chi connectivity index (χ3n) is 2.74. The Kier molecular flexibility index (Phi) is 4.13. The highest BCUT2D eigenvalue weighted by atomic mass is 15.2. The minimum absolute atomic E-state index is 0.456. The van der Waals surface area contributed by atoms with Gasteiger partial charge in [-0.05, 0) is 6.42 Å². The van der Waals surface area contributed by atoms with Crippen LogP contribution < -0.4 is 10.2 Å². The van der Waals surface area contributed by atoms with Crippen molar-refractivity contribution < 1.29 is 0 Å². The molecule has 7 nitrogen and oxygen atoms in total. The number of H-pyrrole nitrogens is 1. The lowest BCUT2D eigenvalue weighted by atomic mass is 10.3. The normalized spacial score (nSPS) is 10.4. The lowest BCUT2D eigenvalue weighted by Gasteiger charge is -2.18. The van der Waals surface area contributed by atoms with Gasteiger partial charge in [0.15, 0.2) is 5.65 Å². The number of aromatic amines is 1. The number of hydrogen-bond acceptors (Lipinski definition) is 6. The van der Waals surface area contributed by atoms with E-state index in [0.29, 0.717) is 24.6 Å². The average Bonchev–Trinajstić information content (AvgIpc) is 2.89. The summed E-state index contributed by atoms with van der Waals surface area (Å²) < 4.78 is 0. The van der Waals surface area contributed by atoms with Crippen molar-refractivity contribution in [1.82, 2.24) is 20.2 Å². The van der Waals surface area contributed by atoms with Gasteiger partial charge in [-0.1, -0.05) is 6.92 Å². The Morgan fingerprint density at radius 2 is 2.32 bits per heavy atom. The second kappa shape index (κ2) is 6.00. The molecular formula is C12H17N7. The molecule has 2 heterocycles. The predicted octanol–water partition coefficient (Wildman–Crippen LogP) is 1.52. The van der Waals surface area contributed by atoms with E-state index in [1.165, 1.54) is 0 Å². The van der Waals surface area contributed by atoms with E-state index in [0.717, 1.165) is 24.2 Å².